The molecule has 104 valence electrons. The number of amides is 2. The number of carbonyl (C=O) groups is 2. The Morgan fingerprint density at radius 3 is 2.37 bits per heavy atom. The smallest absolute Gasteiger partial charge is 0.222 e. The van der Waals surface area contributed by atoms with Crippen molar-refractivity contribution >= 4 is 11.8 Å². The molecule has 0 bridgehead atoms. The van der Waals surface area contributed by atoms with E-state index in [0.29, 0.717) is 13.0 Å². The predicted octanol–water partition coefficient (Wildman–Crippen LogP) is 1.65. The number of benzene rings is 1. The molecule has 2 amide bonds. The molecule has 2 N–H and O–H groups in total. The molecule has 0 aromatic heterocycles. The summed E-state index contributed by atoms with van der Waals surface area (Å²) in [7, 11) is 0. The Balaban J connectivity index is 2.41. The van der Waals surface area contributed by atoms with Gasteiger partial charge in [0.2, 0.25) is 11.8 Å². The quantitative estimate of drug-likeness (QED) is 0.819. The summed E-state index contributed by atoms with van der Waals surface area (Å²) in [5, 5.41) is 5.60. The fraction of sp³-hybridized carbons (Fsp3) is 0.467. The molecule has 0 heterocycles. The molecule has 1 aromatic carbocycles. The zero-order valence-corrected chi connectivity index (χ0v) is 11.8. The number of nitrogens with one attached hydrogen (secondary N) is 2. The molecule has 1 aromatic rings. The Morgan fingerprint density at radius 2 is 1.79 bits per heavy atom. The van der Waals surface area contributed by atoms with Crippen LogP contribution >= 0.6 is 0 Å². The van der Waals surface area contributed by atoms with Gasteiger partial charge in [0.15, 0.2) is 0 Å². The molecular weight excluding hydrogens is 240 g/mol. The van der Waals surface area contributed by atoms with Gasteiger partial charge in [-0.1, -0.05) is 30.3 Å². The topological polar surface area (TPSA) is 58.2 Å². The molecule has 0 unspecified atom stereocenters. The molecular formula is C15H22N2O2. The maximum Gasteiger partial charge on any atom is 0.222 e. The molecule has 0 radical (unpaired) electrons. The van der Waals surface area contributed by atoms with Gasteiger partial charge < -0.3 is 10.6 Å². The van der Waals surface area contributed by atoms with Crippen LogP contribution in [0.2, 0.25) is 0 Å². The maximum atomic E-state index is 11.8. The first-order valence-electron chi connectivity index (χ1n) is 6.48. The van der Waals surface area contributed by atoms with E-state index in [4.69, 9.17) is 0 Å². The fourth-order valence-electron chi connectivity index (χ4n) is 1.94. The number of hydrogen-bond acceptors (Lipinski definition) is 2. The van der Waals surface area contributed by atoms with Crippen molar-refractivity contribution in [3.8, 4) is 0 Å². The standard InChI is InChI=1S/C15H22N2O2/c1-12(18)16-10-9-14(19)17-15(2,3)11-13-7-5-4-6-8-13/h4-8H,9-11H2,1-3H3,(H,16,18)(H,17,19). The molecule has 4 heteroatoms. The van der Waals surface area contributed by atoms with E-state index in [-0.39, 0.29) is 17.4 Å². The first-order valence-corrected chi connectivity index (χ1v) is 6.48. The molecule has 0 atom stereocenters. The van der Waals surface area contributed by atoms with Crippen LogP contribution < -0.4 is 10.6 Å². The lowest BCUT2D eigenvalue weighted by molar-refractivity contribution is -0.122. The molecule has 0 aliphatic carbocycles. The average Bonchev–Trinajstić information content (AvgIpc) is 2.28. The summed E-state index contributed by atoms with van der Waals surface area (Å²) in [6.45, 7) is 5.81. The summed E-state index contributed by atoms with van der Waals surface area (Å²) in [5.74, 6) is -0.161. The van der Waals surface area contributed by atoms with Crippen molar-refractivity contribution < 1.29 is 9.59 Å². The Kier molecular flexibility index (Phi) is 5.55. The Hall–Kier alpha value is -1.84. The van der Waals surface area contributed by atoms with Crippen LogP contribution in [-0.2, 0) is 16.0 Å². The Morgan fingerprint density at radius 1 is 1.16 bits per heavy atom. The SMILES string of the molecule is CC(=O)NCCC(=O)NC(C)(C)Cc1ccccc1. The van der Waals surface area contributed by atoms with Crippen LogP contribution in [0.5, 0.6) is 0 Å². The molecule has 19 heavy (non-hydrogen) atoms. The Bertz CT molecular complexity index is 427. The minimum atomic E-state index is -0.297. The van der Waals surface area contributed by atoms with Crippen LogP contribution in [0, 0.1) is 0 Å². The van der Waals surface area contributed by atoms with Gasteiger partial charge in [-0.05, 0) is 25.8 Å². The van der Waals surface area contributed by atoms with Gasteiger partial charge in [0.25, 0.3) is 0 Å². The van der Waals surface area contributed by atoms with E-state index >= 15 is 0 Å². The summed E-state index contributed by atoms with van der Waals surface area (Å²) in [5.41, 5.74) is 0.893. The first-order chi connectivity index (χ1) is 8.89. The zero-order chi connectivity index (χ0) is 14.3. The molecule has 0 spiro atoms. The van der Waals surface area contributed by atoms with E-state index in [1.165, 1.54) is 12.5 Å². The van der Waals surface area contributed by atoms with Gasteiger partial charge in [0.05, 0.1) is 0 Å². The minimum Gasteiger partial charge on any atom is -0.356 e. The van der Waals surface area contributed by atoms with Crippen molar-refractivity contribution in [1.29, 1.82) is 0 Å². The van der Waals surface area contributed by atoms with E-state index in [9.17, 15) is 9.59 Å². The van der Waals surface area contributed by atoms with Gasteiger partial charge in [0, 0.05) is 25.4 Å². The van der Waals surface area contributed by atoms with E-state index in [1.54, 1.807) is 0 Å². The molecule has 1 rings (SSSR count). The highest BCUT2D eigenvalue weighted by Gasteiger charge is 2.20. The van der Waals surface area contributed by atoms with E-state index in [1.807, 2.05) is 44.2 Å². The van der Waals surface area contributed by atoms with E-state index in [0.717, 1.165) is 6.42 Å². The first kappa shape index (κ1) is 15.2. The van der Waals surface area contributed by atoms with Crippen molar-refractivity contribution in [1.82, 2.24) is 10.6 Å². The normalized spacial score (nSPS) is 10.9. The zero-order valence-electron chi connectivity index (χ0n) is 11.8. The van der Waals surface area contributed by atoms with Crippen molar-refractivity contribution in [3.05, 3.63) is 35.9 Å². The molecule has 0 saturated heterocycles. The summed E-state index contributed by atoms with van der Waals surface area (Å²) in [6, 6.07) is 10.0. The molecule has 0 aliphatic heterocycles. The van der Waals surface area contributed by atoms with Crippen LogP contribution in [0.4, 0.5) is 0 Å². The van der Waals surface area contributed by atoms with Gasteiger partial charge in [-0.2, -0.15) is 0 Å². The van der Waals surface area contributed by atoms with E-state index < -0.39 is 0 Å². The van der Waals surface area contributed by atoms with Crippen molar-refractivity contribution in [3.63, 3.8) is 0 Å². The second-order valence-corrected chi connectivity index (χ2v) is 5.33. The monoisotopic (exact) mass is 262 g/mol. The van der Waals surface area contributed by atoms with E-state index in [2.05, 4.69) is 10.6 Å². The van der Waals surface area contributed by atoms with Crippen LogP contribution in [0.3, 0.4) is 0 Å². The summed E-state index contributed by atoms with van der Waals surface area (Å²) in [6.07, 6.45) is 1.08. The minimum absolute atomic E-state index is 0.0466. The largest absolute Gasteiger partial charge is 0.356 e. The van der Waals surface area contributed by atoms with Crippen molar-refractivity contribution in [2.45, 2.75) is 39.2 Å². The predicted molar refractivity (Wildman–Crippen MR) is 75.7 cm³/mol. The summed E-state index contributed by atoms with van der Waals surface area (Å²) < 4.78 is 0. The third-order valence-electron chi connectivity index (χ3n) is 2.69. The second kappa shape index (κ2) is 6.92. The highest BCUT2D eigenvalue weighted by molar-refractivity contribution is 5.78. The van der Waals surface area contributed by atoms with Gasteiger partial charge in [0.1, 0.15) is 0 Å². The second-order valence-electron chi connectivity index (χ2n) is 5.33. The van der Waals surface area contributed by atoms with Crippen LogP contribution in [0.25, 0.3) is 0 Å². The van der Waals surface area contributed by atoms with Crippen LogP contribution in [-0.4, -0.2) is 23.9 Å². The number of rotatable bonds is 6. The molecule has 0 aliphatic rings. The van der Waals surface area contributed by atoms with Gasteiger partial charge in [-0.3, -0.25) is 9.59 Å². The lowest BCUT2D eigenvalue weighted by atomic mass is 9.95. The average molecular weight is 262 g/mol. The highest BCUT2D eigenvalue weighted by atomic mass is 16.2. The van der Waals surface area contributed by atoms with Gasteiger partial charge in [-0.25, -0.2) is 0 Å². The summed E-state index contributed by atoms with van der Waals surface area (Å²) in [4.78, 5) is 22.5. The summed E-state index contributed by atoms with van der Waals surface area (Å²) >= 11 is 0. The Labute approximate surface area is 114 Å². The van der Waals surface area contributed by atoms with Crippen LogP contribution in [0.15, 0.2) is 30.3 Å². The van der Waals surface area contributed by atoms with Crippen molar-refractivity contribution in [2.24, 2.45) is 0 Å². The molecule has 4 nitrogen and oxygen atoms in total. The van der Waals surface area contributed by atoms with Crippen molar-refractivity contribution in [2.75, 3.05) is 6.54 Å². The molecule has 0 saturated carbocycles. The number of hydrogen-bond donors (Lipinski definition) is 2. The third-order valence-corrected chi connectivity index (χ3v) is 2.69. The molecule has 0 fully saturated rings. The maximum absolute atomic E-state index is 11.8. The highest BCUT2D eigenvalue weighted by Crippen LogP contribution is 2.12. The third kappa shape index (κ3) is 6.60. The fourth-order valence-corrected chi connectivity index (χ4v) is 1.94. The van der Waals surface area contributed by atoms with Crippen LogP contribution in [0.1, 0.15) is 32.8 Å². The van der Waals surface area contributed by atoms with Gasteiger partial charge >= 0.3 is 0 Å². The lowest BCUT2D eigenvalue weighted by Crippen LogP contribution is -2.45. The lowest BCUT2D eigenvalue weighted by Gasteiger charge is -2.26. The van der Waals surface area contributed by atoms with Gasteiger partial charge in [-0.15, -0.1) is 0 Å². The number of carbonyl (C=O) groups excluding carboxylic acids is 2.